The normalized spacial score (nSPS) is 48.5. The standard InChI is InChI=1S/C14H20F3N/c15-14(16,17)13(1-2-13)18-12-10-4-8-3-9(6-10)7-11(12)5-8/h8-12,18H,1-7H2. The van der Waals surface area contributed by atoms with Crippen molar-refractivity contribution in [2.75, 3.05) is 0 Å². The van der Waals surface area contributed by atoms with Gasteiger partial charge in [-0.1, -0.05) is 0 Å². The van der Waals surface area contributed by atoms with Gasteiger partial charge < -0.3 is 5.32 Å². The maximum atomic E-state index is 13.0. The summed E-state index contributed by atoms with van der Waals surface area (Å²) in [5.74, 6) is 2.71. The van der Waals surface area contributed by atoms with E-state index in [4.69, 9.17) is 0 Å². The predicted molar refractivity (Wildman–Crippen MR) is 62.0 cm³/mol. The third-order valence-electron chi connectivity index (χ3n) is 5.96. The first-order chi connectivity index (χ1) is 8.47. The Bertz CT molecular complexity index is 331. The molecule has 1 nitrogen and oxygen atoms in total. The quantitative estimate of drug-likeness (QED) is 0.800. The Hall–Kier alpha value is -0.250. The van der Waals surface area contributed by atoms with Gasteiger partial charge in [-0.2, -0.15) is 13.2 Å². The first-order valence-electron chi connectivity index (χ1n) is 7.31. The minimum atomic E-state index is -4.05. The van der Waals surface area contributed by atoms with Gasteiger partial charge >= 0.3 is 6.18 Å². The van der Waals surface area contributed by atoms with Crippen molar-refractivity contribution >= 4 is 0 Å². The second kappa shape index (κ2) is 3.44. The van der Waals surface area contributed by atoms with Crippen LogP contribution in [0.1, 0.15) is 44.9 Å². The van der Waals surface area contributed by atoms with Crippen molar-refractivity contribution in [3.8, 4) is 0 Å². The summed E-state index contributed by atoms with van der Waals surface area (Å²) in [7, 11) is 0. The van der Waals surface area contributed by atoms with Gasteiger partial charge in [0.2, 0.25) is 0 Å². The molecule has 5 saturated carbocycles. The molecule has 0 heterocycles. The van der Waals surface area contributed by atoms with Gasteiger partial charge in [-0.25, -0.2) is 0 Å². The summed E-state index contributed by atoms with van der Waals surface area (Å²) in [4.78, 5) is 0. The van der Waals surface area contributed by atoms with E-state index in [1.165, 1.54) is 32.1 Å². The van der Waals surface area contributed by atoms with Gasteiger partial charge in [0.05, 0.1) is 0 Å². The molecule has 5 fully saturated rings. The zero-order valence-corrected chi connectivity index (χ0v) is 10.5. The summed E-state index contributed by atoms with van der Waals surface area (Å²) in [6.07, 6.45) is 2.60. The third kappa shape index (κ3) is 1.57. The average Bonchev–Trinajstić information content (AvgIpc) is 3.02. The second-order valence-electron chi connectivity index (χ2n) is 7.18. The fourth-order valence-electron chi connectivity index (χ4n) is 5.11. The summed E-state index contributed by atoms with van der Waals surface area (Å²) in [6, 6.07) is 0.155. The van der Waals surface area contributed by atoms with Crippen molar-refractivity contribution in [2.45, 2.75) is 62.7 Å². The Morgan fingerprint density at radius 3 is 1.72 bits per heavy atom. The lowest BCUT2D eigenvalue weighted by Gasteiger charge is -2.55. The lowest BCUT2D eigenvalue weighted by Crippen LogP contribution is -2.60. The second-order valence-corrected chi connectivity index (χ2v) is 7.18. The van der Waals surface area contributed by atoms with Crippen LogP contribution in [-0.2, 0) is 0 Å². The lowest BCUT2D eigenvalue weighted by molar-refractivity contribution is -0.174. The molecule has 0 aromatic heterocycles. The van der Waals surface area contributed by atoms with E-state index in [0.29, 0.717) is 24.7 Å². The molecule has 5 aliphatic carbocycles. The molecule has 0 amide bonds. The Morgan fingerprint density at radius 2 is 1.33 bits per heavy atom. The topological polar surface area (TPSA) is 12.0 Å². The van der Waals surface area contributed by atoms with Gasteiger partial charge in [0.1, 0.15) is 5.54 Å². The van der Waals surface area contributed by atoms with E-state index in [2.05, 4.69) is 5.32 Å². The molecular weight excluding hydrogens is 239 g/mol. The van der Waals surface area contributed by atoms with Crippen molar-refractivity contribution in [2.24, 2.45) is 23.7 Å². The molecule has 0 aromatic rings. The molecular formula is C14H20F3N. The summed E-state index contributed by atoms with van der Waals surface area (Å²) >= 11 is 0. The van der Waals surface area contributed by atoms with Crippen molar-refractivity contribution < 1.29 is 13.2 Å². The fraction of sp³-hybridized carbons (Fsp3) is 1.00. The van der Waals surface area contributed by atoms with Crippen molar-refractivity contribution in [1.82, 2.24) is 5.32 Å². The van der Waals surface area contributed by atoms with Gasteiger partial charge in [0.15, 0.2) is 0 Å². The Morgan fingerprint density at radius 1 is 0.833 bits per heavy atom. The van der Waals surface area contributed by atoms with Gasteiger partial charge in [0, 0.05) is 6.04 Å². The van der Waals surface area contributed by atoms with Crippen LogP contribution in [0.15, 0.2) is 0 Å². The largest absolute Gasteiger partial charge is 0.406 e. The number of hydrogen-bond donors (Lipinski definition) is 1. The molecule has 4 bridgehead atoms. The minimum Gasteiger partial charge on any atom is -0.300 e. The van der Waals surface area contributed by atoms with Crippen LogP contribution >= 0.6 is 0 Å². The van der Waals surface area contributed by atoms with Crippen molar-refractivity contribution in [3.05, 3.63) is 0 Å². The molecule has 0 saturated heterocycles. The van der Waals surface area contributed by atoms with Crippen LogP contribution < -0.4 is 5.32 Å². The first-order valence-corrected chi connectivity index (χ1v) is 7.31. The maximum absolute atomic E-state index is 13.0. The van der Waals surface area contributed by atoms with Crippen LogP contribution in [-0.4, -0.2) is 17.8 Å². The number of nitrogens with one attached hydrogen (secondary N) is 1. The van der Waals surface area contributed by atoms with Gasteiger partial charge in [0.25, 0.3) is 0 Å². The highest BCUT2D eigenvalue weighted by molar-refractivity contribution is 5.12. The highest BCUT2D eigenvalue weighted by Crippen LogP contribution is 2.56. The van der Waals surface area contributed by atoms with Crippen LogP contribution in [0.5, 0.6) is 0 Å². The molecule has 0 spiro atoms. The zero-order chi connectivity index (χ0) is 12.5. The molecule has 0 unspecified atom stereocenters. The van der Waals surface area contributed by atoms with E-state index in [1.807, 2.05) is 0 Å². The molecule has 18 heavy (non-hydrogen) atoms. The average molecular weight is 259 g/mol. The van der Waals surface area contributed by atoms with Crippen molar-refractivity contribution in [1.29, 1.82) is 0 Å². The monoisotopic (exact) mass is 259 g/mol. The van der Waals surface area contributed by atoms with Crippen LogP contribution in [0, 0.1) is 23.7 Å². The number of hydrogen-bond acceptors (Lipinski definition) is 1. The molecule has 1 N–H and O–H groups in total. The lowest BCUT2D eigenvalue weighted by atomic mass is 9.54. The van der Waals surface area contributed by atoms with E-state index in [0.717, 1.165) is 11.8 Å². The van der Waals surface area contributed by atoms with Crippen LogP contribution in [0.2, 0.25) is 0 Å². The third-order valence-corrected chi connectivity index (χ3v) is 5.96. The minimum absolute atomic E-state index is 0.155. The van der Waals surface area contributed by atoms with Gasteiger partial charge in [-0.05, 0) is 68.6 Å². The predicted octanol–water partition coefficient (Wildman–Crippen LogP) is 3.50. The first kappa shape index (κ1) is 11.6. The SMILES string of the molecule is FC(F)(F)C1(NC2C3CC4CC(C3)CC2C4)CC1. The highest BCUT2D eigenvalue weighted by Gasteiger charge is 2.65. The molecule has 0 atom stereocenters. The van der Waals surface area contributed by atoms with Crippen molar-refractivity contribution in [3.63, 3.8) is 0 Å². The summed E-state index contributed by atoms with van der Waals surface area (Å²) in [5.41, 5.74) is -1.51. The zero-order valence-electron chi connectivity index (χ0n) is 10.5. The molecule has 5 aliphatic rings. The fourth-order valence-corrected chi connectivity index (χ4v) is 5.11. The maximum Gasteiger partial charge on any atom is 0.406 e. The van der Waals surface area contributed by atoms with E-state index >= 15 is 0 Å². The molecule has 102 valence electrons. The summed E-state index contributed by atoms with van der Waals surface area (Å²) in [5, 5.41) is 3.06. The number of halogens is 3. The molecule has 0 aromatic carbocycles. The Balaban J connectivity index is 1.53. The smallest absolute Gasteiger partial charge is 0.300 e. The van der Waals surface area contributed by atoms with Crippen LogP contribution in [0.4, 0.5) is 13.2 Å². The molecule has 0 aliphatic heterocycles. The number of rotatable bonds is 2. The van der Waals surface area contributed by atoms with Gasteiger partial charge in [-0.15, -0.1) is 0 Å². The Kier molecular flexibility index (Phi) is 2.21. The highest BCUT2D eigenvalue weighted by atomic mass is 19.4. The van der Waals surface area contributed by atoms with Crippen LogP contribution in [0.25, 0.3) is 0 Å². The van der Waals surface area contributed by atoms with Gasteiger partial charge in [-0.3, -0.25) is 0 Å². The van der Waals surface area contributed by atoms with E-state index in [1.54, 1.807) is 0 Å². The molecule has 5 rings (SSSR count). The molecule has 4 heteroatoms. The molecule has 0 radical (unpaired) electrons. The Labute approximate surface area is 106 Å². The van der Waals surface area contributed by atoms with E-state index in [-0.39, 0.29) is 6.04 Å². The summed E-state index contributed by atoms with van der Waals surface area (Å²) in [6.45, 7) is 0. The summed E-state index contributed by atoms with van der Waals surface area (Å²) < 4.78 is 39.1. The van der Waals surface area contributed by atoms with E-state index < -0.39 is 11.7 Å². The van der Waals surface area contributed by atoms with E-state index in [9.17, 15) is 13.2 Å². The van der Waals surface area contributed by atoms with Crippen LogP contribution in [0.3, 0.4) is 0 Å². The number of alkyl halides is 3.